The average Bonchev–Trinajstić information content (AvgIpc) is 3.44. The van der Waals surface area contributed by atoms with Crippen LogP contribution < -0.4 is 0 Å². The van der Waals surface area contributed by atoms with Crippen LogP contribution in [0.15, 0.2) is 212 Å². The van der Waals surface area contributed by atoms with Crippen molar-refractivity contribution in [3.8, 4) is 0 Å². The van der Waals surface area contributed by atoms with Gasteiger partial charge in [0.05, 0.1) is 56.9 Å². The van der Waals surface area contributed by atoms with Crippen molar-refractivity contribution in [3.05, 3.63) is 251 Å². The highest BCUT2D eigenvalue weighted by molar-refractivity contribution is 5.90. The predicted octanol–water partition coefficient (Wildman–Crippen LogP) is 10.5. The van der Waals surface area contributed by atoms with E-state index < -0.39 is 73.4 Å². The van der Waals surface area contributed by atoms with Crippen molar-refractivity contribution in [3.63, 3.8) is 0 Å². The molecule has 12 nitrogen and oxygen atoms in total. The smallest absolute Gasteiger partial charge is 0.338 e. The summed E-state index contributed by atoms with van der Waals surface area (Å²) in [6, 6.07) is 66.1. The van der Waals surface area contributed by atoms with Gasteiger partial charge in [0, 0.05) is 0 Å². The molecule has 0 bridgehead atoms. The Balaban J connectivity index is 1.13. The van der Waals surface area contributed by atoms with Crippen LogP contribution in [0.4, 0.5) is 0 Å². The number of hydrogen-bond donors (Lipinski definition) is 0. The van der Waals surface area contributed by atoms with Crippen LogP contribution in [0.25, 0.3) is 0 Å². The van der Waals surface area contributed by atoms with E-state index in [1.165, 1.54) is 0 Å². The Hall–Kier alpha value is -6.84. The van der Waals surface area contributed by atoms with E-state index in [1.807, 2.05) is 152 Å². The maximum Gasteiger partial charge on any atom is 0.338 e. The second-order valence-electron chi connectivity index (χ2n) is 17.9. The standard InChI is InChI=1S/C61H60O12/c1-43-52(71-58(62)49-33-19-7-20-34-49)55(72-59(63)50-35-21-8-22-36-50)57(60(69-43)68-41-48-31-17-6-18-32-48)73-61-56(67-40-47-29-15-5-16-30-47)54(66-39-46-27-13-4-14-28-46)53(65-38-45-25-11-3-12-26-45)51(70-61)42-64-37-44-23-9-2-10-24-44/h2-36,43,51-57,60-61H,37-42H2,1H3/t43-,51-,52-,53+,54-,55+,56+,57-,60-,61+/m0/s1. The first kappa shape index (κ1) is 51.1. The van der Waals surface area contributed by atoms with Gasteiger partial charge in [-0.3, -0.25) is 0 Å². The predicted molar refractivity (Wildman–Crippen MR) is 272 cm³/mol. The third-order valence-electron chi connectivity index (χ3n) is 12.6. The summed E-state index contributed by atoms with van der Waals surface area (Å²) >= 11 is 0. The van der Waals surface area contributed by atoms with Crippen LogP contribution in [0.2, 0.25) is 0 Å². The number of carbonyl (C=O) groups excluding carboxylic acids is 2. The minimum Gasteiger partial charge on any atom is -0.452 e. The van der Waals surface area contributed by atoms with Crippen LogP contribution in [0, 0.1) is 0 Å². The maximum atomic E-state index is 14.4. The van der Waals surface area contributed by atoms with Gasteiger partial charge in [-0.25, -0.2) is 9.59 Å². The molecule has 2 aliphatic rings. The summed E-state index contributed by atoms with van der Waals surface area (Å²) in [6.45, 7) is 2.73. The van der Waals surface area contributed by atoms with E-state index >= 15 is 0 Å². The van der Waals surface area contributed by atoms with Crippen LogP contribution in [-0.4, -0.2) is 80.0 Å². The number of benzene rings is 7. The van der Waals surface area contributed by atoms with Crippen LogP contribution in [0.5, 0.6) is 0 Å². The molecular formula is C61H60O12. The van der Waals surface area contributed by atoms with Gasteiger partial charge in [-0.15, -0.1) is 0 Å². The van der Waals surface area contributed by atoms with Crippen molar-refractivity contribution in [2.24, 2.45) is 0 Å². The van der Waals surface area contributed by atoms with Gasteiger partial charge in [0.1, 0.15) is 24.4 Å². The summed E-state index contributed by atoms with van der Waals surface area (Å²) in [5.41, 5.74) is 5.16. The van der Waals surface area contributed by atoms with E-state index in [0.29, 0.717) is 5.56 Å². The molecular weight excluding hydrogens is 925 g/mol. The van der Waals surface area contributed by atoms with Gasteiger partial charge < -0.3 is 47.4 Å². The summed E-state index contributed by atoms with van der Waals surface area (Å²) in [5, 5.41) is 0. The summed E-state index contributed by atoms with van der Waals surface area (Å²) in [7, 11) is 0. The molecule has 2 heterocycles. The minimum atomic E-state index is -1.33. The van der Waals surface area contributed by atoms with Crippen molar-refractivity contribution in [1.82, 2.24) is 0 Å². The van der Waals surface area contributed by atoms with Crippen molar-refractivity contribution < 1.29 is 57.0 Å². The molecule has 9 rings (SSSR count). The van der Waals surface area contributed by atoms with Gasteiger partial charge in [0.15, 0.2) is 30.9 Å². The Morgan fingerprint density at radius 2 is 0.740 bits per heavy atom. The van der Waals surface area contributed by atoms with Gasteiger partial charge >= 0.3 is 11.9 Å². The highest BCUT2D eigenvalue weighted by atomic mass is 16.8. The van der Waals surface area contributed by atoms with Crippen LogP contribution in [0.1, 0.15) is 55.5 Å². The molecule has 0 N–H and O–H groups in total. The summed E-state index contributed by atoms with van der Waals surface area (Å²) in [4.78, 5) is 28.4. The van der Waals surface area contributed by atoms with Gasteiger partial charge in [-0.05, 0) is 59.0 Å². The molecule has 0 spiro atoms. The van der Waals surface area contributed by atoms with E-state index in [2.05, 4.69) is 0 Å². The lowest BCUT2D eigenvalue weighted by Crippen LogP contribution is -2.66. The van der Waals surface area contributed by atoms with Crippen LogP contribution in [-0.2, 0) is 80.4 Å². The molecule has 12 heteroatoms. The number of esters is 2. The van der Waals surface area contributed by atoms with Crippen molar-refractivity contribution in [1.29, 1.82) is 0 Å². The molecule has 376 valence electrons. The third-order valence-corrected chi connectivity index (χ3v) is 12.6. The number of ether oxygens (including phenoxy) is 10. The van der Waals surface area contributed by atoms with Gasteiger partial charge in [-0.2, -0.15) is 0 Å². The minimum absolute atomic E-state index is 0.0562. The van der Waals surface area contributed by atoms with Crippen LogP contribution in [0.3, 0.4) is 0 Å². The van der Waals surface area contributed by atoms with Gasteiger partial charge in [0.25, 0.3) is 0 Å². The number of carbonyl (C=O) groups is 2. The summed E-state index contributed by atoms with van der Waals surface area (Å²) in [6.07, 6.45) is -10.7. The lowest BCUT2D eigenvalue weighted by molar-refractivity contribution is -0.375. The quantitative estimate of drug-likeness (QED) is 0.0600. The summed E-state index contributed by atoms with van der Waals surface area (Å²) < 4.78 is 67.9. The van der Waals surface area contributed by atoms with E-state index in [9.17, 15) is 9.59 Å². The van der Waals surface area contributed by atoms with Crippen LogP contribution >= 0.6 is 0 Å². The Morgan fingerprint density at radius 1 is 0.370 bits per heavy atom. The first-order valence-corrected chi connectivity index (χ1v) is 24.7. The molecule has 0 aliphatic carbocycles. The molecule has 2 saturated heterocycles. The zero-order valence-electron chi connectivity index (χ0n) is 40.6. The highest BCUT2D eigenvalue weighted by Gasteiger charge is 2.55. The number of hydrogen-bond acceptors (Lipinski definition) is 12. The lowest BCUT2D eigenvalue weighted by atomic mass is 9.96. The maximum absolute atomic E-state index is 14.4. The van der Waals surface area contributed by atoms with E-state index in [1.54, 1.807) is 67.6 Å². The fourth-order valence-corrected chi connectivity index (χ4v) is 8.84. The molecule has 10 atom stereocenters. The molecule has 0 amide bonds. The monoisotopic (exact) mass is 984 g/mol. The fraction of sp³-hybridized carbons (Fsp3) is 0.279. The molecule has 2 fully saturated rings. The molecule has 0 aromatic heterocycles. The lowest BCUT2D eigenvalue weighted by Gasteiger charge is -2.49. The zero-order chi connectivity index (χ0) is 50.0. The van der Waals surface area contributed by atoms with E-state index in [-0.39, 0.29) is 45.2 Å². The Morgan fingerprint density at radius 3 is 1.19 bits per heavy atom. The normalized spacial score (nSPS) is 23.8. The molecule has 0 unspecified atom stereocenters. The fourth-order valence-electron chi connectivity index (χ4n) is 8.84. The van der Waals surface area contributed by atoms with Crippen molar-refractivity contribution in [2.45, 2.75) is 101 Å². The number of rotatable bonds is 22. The Bertz CT molecular complexity index is 2700. The topological polar surface area (TPSA) is 126 Å². The van der Waals surface area contributed by atoms with E-state index in [0.717, 1.165) is 27.8 Å². The first-order valence-electron chi connectivity index (χ1n) is 24.7. The molecule has 73 heavy (non-hydrogen) atoms. The summed E-state index contributed by atoms with van der Waals surface area (Å²) in [5.74, 6) is -1.33. The SMILES string of the molecule is C[C@@H]1O[C@H](OCc2ccccc2)[C@@H](O[C@H]2O[C@@H](COCc3ccccc3)[C@@H](OCc3ccccc3)[C@H](OCc3ccccc3)[C@H]2OCc2ccccc2)[C@H](OC(=O)c2ccccc2)[C@H]1OC(=O)c1ccccc1. The van der Waals surface area contributed by atoms with Crippen molar-refractivity contribution in [2.75, 3.05) is 6.61 Å². The average molecular weight is 985 g/mol. The first-order chi connectivity index (χ1) is 35.9. The van der Waals surface area contributed by atoms with Gasteiger partial charge in [0.2, 0.25) is 0 Å². The Labute approximate surface area is 426 Å². The second kappa shape index (κ2) is 26.2. The van der Waals surface area contributed by atoms with Gasteiger partial charge in [-0.1, -0.05) is 188 Å². The van der Waals surface area contributed by atoms with E-state index in [4.69, 9.17) is 47.4 Å². The zero-order valence-corrected chi connectivity index (χ0v) is 40.6. The largest absolute Gasteiger partial charge is 0.452 e. The molecule has 2 aliphatic heterocycles. The molecule has 0 radical (unpaired) electrons. The molecule has 7 aromatic carbocycles. The second-order valence-corrected chi connectivity index (χ2v) is 17.9. The Kier molecular flexibility index (Phi) is 18.3. The molecule has 0 saturated carbocycles. The van der Waals surface area contributed by atoms with Crippen molar-refractivity contribution >= 4 is 11.9 Å². The third kappa shape index (κ3) is 14.2. The highest BCUT2D eigenvalue weighted by Crippen LogP contribution is 2.37. The molecule has 7 aromatic rings.